The van der Waals surface area contributed by atoms with Crippen LogP contribution in [0.15, 0.2) is 36.7 Å². The van der Waals surface area contributed by atoms with E-state index in [2.05, 4.69) is 59.6 Å². The van der Waals surface area contributed by atoms with Crippen molar-refractivity contribution in [3.63, 3.8) is 0 Å². The molecule has 0 saturated carbocycles. The molecular formula is C23H27N3. The summed E-state index contributed by atoms with van der Waals surface area (Å²) in [6.07, 6.45) is 7.38. The van der Waals surface area contributed by atoms with Crippen LogP contribution in [0, 0.1) is 6.92 Å². The van der Waals surface area contributed by atoms with Crippen molar-refractivity contribution in [1.29, 1.82) is 0 Å². The van der Waals surface area contributed by atoms with Crippen molar-refractivity contribution in [3.05, 3.63) is 64.6 Å². The number of rotatable bonds is 1. The first-order valence-corrected chi connectivity index (χ1v) is 9.78. The first-order valence-electron chi connectivity index (χ1n) is 9.78. The summed E-state index contributed by atoms with van der Waals surface area (Å²) in [6, 6.07) is 9.26. The average molecular weight is 345 g/mol. The first-order chi connectivity index (χ1) is 12.5. The van der Waals surface area contributed by atoms with Crippen LogP contribution < -0.4 is 0 Å². The van der Waals surface area contributed by atoms with Gasteiger partial charge in [0.1, 0.15) is 0 Å². The Morgan fingerprint density at radius 1 is 1.12 bits per heavy atom. The SMILES string of the molecule is Cc1cc2c3c(c1)c1c(n3CC(C)(c3ccncc3)CC2)CCN(C)C1. The minimum absolute atomic E-state index is 0.152. The second-order valence-electron chi connectivity index (χ2n) is 8.62. The van der Waals surface area contributed by atoms with Gasteiger partial charge in [0.05, 0.1) is 5.52 Å². The summed E-state index contributed by atoms with van der Waals surface area (Å²) in [7, 11) is 2.25. The lowest BCUT2D eigenvalue weighted by molar-refractivity contribution is 0.303. The highest BCUT2D eigenvalue weighted by Crippen LogP contribution is 2.41. The Bertz CT molecular complexity index is 986. The molecule has 4 heterocycles. The fourth-order valence-corrected chi connectivity index (χ4v) is 5.16. The third kappa shape index (κ3) is 2.34. The van der Waals surface area contributed by atoms with Gasteiger partial charge in [-0.3, -0.25) is 4.98 Å². The summed E-state index contributed by atoms with van der Waals surface area (Å²) >= 11 is 0. The molecule has 0 spiro atoms. The summed E-state index contributed by atoms with van der Waals surface area (Å²) in [6.45, 7) is 7.99. The maximum atomic E-state index is 4.24. The average Bonchev–Trinajstić information content (AvgIpc) is 2.83. The number of benzene rings is 1. The fraction of sp³-hybridized carbons (Fsp3) is 0.435. The third-order valence-corrected chi connectivity index (χ3v) is 6.59. The molecule has 5 rings (SSSR count). The molecule has 0 amide bonds. The van der Waals surface area contributed by atoms with Crippen LogP contribution in [0.4, 0.5) is 0 Å². The van der Waals surface area contributed by atoms with Gasteiger partial charge < -0.3 is 9.47 Å². The summed E-state index contributed by atoms with van der Waals surface area (Å²) < 4.78 is 2.68. The maximum Gasteiger partial charge on any atom is 0.0518 e. The Balaban J connectivity index is 1.75. The van der Waals surface area contributed by atoms with Crippen LogP contribution >= 0.6 is 0 Å². The van der Waals surface area contributed by atoms with Crippen LogP contribution in [-0.2, 0) is 31.3 Å². The van der Waals surface area contributed by atoms with Crippen molar-refractivity contribution < 1.29 is 0 Å². The summed E-state index contributed by atoms with van der Waals surface area (Å²) in [5, 5.41) is 1.50. The van der Waals surface area contributed by atoms with E-state index in [1.807, 2.05) is 12.4 Å². The minimum atomic E-state index is 0.152. The van der Waals surface area contributed by atoms with Crippen LogP contribution in [-0.4, -0.2) is 28.0 Å². The van der Waals surface area contributed by atoms with Gasteiger partial charge in [-0.15, -0.1) is 0 Å². The monoisotopic (exact) mass is 345 g/mol. The van der Waals surface area contributed by atoms with Gasteiger partial charge in [-0.2, -0.15) is 0 Å². The van der Waals surface area contributed by atoms with Crippen LogP contribution in [0.25, 0.3) is 10.9 Å². The highest BCUT2D eigenvalue weighted by Gasteiger charge is 2.34. The van der Waals surface area contributed by atoms with Crippen molar-refractivity contribution >= 4 is 10.9 Å². The molecular weight excluding hydrogens is 318 g/mol. The molecule has 1 aromatic carbocycles. The van der Waals surface area contributed by atoms with Crippen LogP contribution in [0.5, 0.6) is 0 Å². The largest absolute Gasteiger partial charge is 0.343 e. The Hall–Kier alpha value is -2.13. The molecule has 0 radical (unpaired) electrons. The van der Waals surface area contributed by atoms with Crippen LogP contribution in [0.1, 0.15) is 41.3 Å². The molecule has 3 aromatic rings. The molecule has 2 aliphatic rings. The van der Waals surface area contributed by atoms with E-state index in [0.717, 1.165) is 32.5 Å². The molecule has 134 valence electrons. The van der Waals surface area contributed by atoms with E-state index in [1.54, 1.807) is 11.3 Å². The second kappa shape index (κ2) is 5.68. The van der Waals surface area contributed by atoms with Gasteiger partial charge in [0.25, 0.3) is 0 Å². The van der Waals surface area contributed by atoms with Crippen molar-refractivity contribution in [2.24, 2.45) is 0 Å². The summed E-state index contributed by atoms with van der Waals surface area (Å²) in [5.74, 6) is 0. The minimum Gasteiger partial charge on any atom is -0.343 e. The van der Waals surface area contributed by atoms with Crippen molar-refractivity contribution in [2.75, 3.05) is 13.6 Å². The number of hydrogen-bond donors (Lipinski definition) is 0. The number of pyridine rings is 1. The van der Waals surface area contributed by atoms with E-state index in [0.29, 0.717) is 0 Å². The first kappa shape index (κ1) is 16.1. The summed E-state index contributed by atoms with van der Waals surface area (Å²) in [5.41, 5.74) is 9.15. The molecule has 3 heteroatoms. The lowest BCUT2D eigenvalue weighted by Gasteiger charge is -2.31. The summed E-state index contributed by atoms with van der Waals surface area (Å²) in [4.78, 5) is 6.70. The van der Waals surface area contributed by atoms with E-state index in [-0.39, 0.29) is 5.41 Å². The maximum absolute atomic E-state index is 4.24. The van der Waals surface area contributed by atoms with E-state index < -0.39 is 0 Å². The second-order valence-corrected chi connectivity index (χ2v) is 8.62. The quantitative estimate of drug-likeness (QED) is 0.658. The molecule has 3 nitrogen and oxygen atoms in total. The normalized spacial score (nSPS) is 23.0. The van der Waals surface area contributed by atoms with Gasteiger partial charge in [0.15, 0.2) is 0 Å². The molecule has 0 fully saturated rings. The van der Waals surface area contributed by atoms with Crippen molar-refractivity contribution in [3.8, 4) is 0 Å². The standard InChI is InChI=1S/C23H27N3/c1-16-12-17-4-8-23(2,18-5-9-24-10-6-18)15-26-21-7-11-25(3)14-20(21)19(13-16)22(17)26/h5-6,9-10,12-13H,4,7-8,11,14-15H2,1-3H3. The van der Waals surface area contributed by atoms with Crippen molar-refractivity contribution in [2.45, 2.75) is 51.6 Å². The van der Waals surface area contributed by atoms with Gasteiger partial charge >= 0.3 is 0 Å². The Labute approximate surface area is 155 Å². The lowest BCUT2D eigenvalue weighted by Crippen LogP contribution is -2.31. The van der Waals surface area contributed by atoms with E-state index in [1.165, 1.54) is 34.0 Å². The van der Waals surface area contributed by atoms with Crippen LogP contribution in [0.2, 0.25) is 0 Å². The van der Waals surface area contributed by atoms with E-state index >= 15 is 0 Å². The van der Waals surface area contributed by atoms with Gasteiger partial charge in [-0.1, -0.05) is 18.6 Å². The topological polar surface area (TPSA) is 21.1 Å². The zero-order valence-corrected chi connectivity index (χ0v) is 16.0. The van der Waals surface area contributed by atoms with E-state index in [4.69, 9.17) is 0 Å². The zero-order valence-electron chi connectivity index (χ0n) is 16.0. The highest BCUT2D eigenvalue weighted by atomic mass is 15.1. The van der Waals surface area contributed by atoms with Crippen LogP contribution in [0.3, 0.4) is 0 Å². The molecule has 26 heavy (non-hydrogen) atoms. The molecule has 2 aliphatic heterocycles. The number of aryl methyl sites for hydroxylation is 2. The Kier molecular flexibility index (Phi) is 3.51. The van der Waals surface area contributed by atoms with Gasteiger partial charge in [-0.05, 0) is 61.7 Å². The molecule has 0 aliphatic carbocycles. The Morgan fingerprint density at radius 2 is 1.92 bits per heavy atom. The molecule has 0 saturated heterocycles. The molecule has 2 aromatic heterocycles. The number of hydrogen-bond acceptors (Lipinski definition) is 2. The predicted molar refractivity (Wildman–Crippen MR) is 107 cm³/mol. The number of likely N-dealkylation sites (N-methyl/N-ethyl adjacent to an activating group) is 1. The highest BCUT2D eigenvalue weighted by molar-refractivity contribution is 5.89. The smallest absolute Gasteiger partial charge is 0.0518 e. The fourth-order valence-electron chi connectivity index (χ4n) is 5.16. The zero-order chi connectivity index (χ0) is 17.9. The molecule has 0 bridgehead atoms. The van der Waals surface area contributed by atoms with Crippen molar-refractivity contribution in [1.82, 2.24) is 14.5 Å². The Morgan fingerprint density at radius 3 is 2.73 bits per heavy atom. The predicted octanol–water partition coefficient (Wildman–Crippen LogP) is 4.24. The molecule has 0 N–H and O–H groups in total. The van der Waals surface area contributed by atoms with Gasteiger partial charge in [0, 0.05) is 54.9 Å². The lowest BCUT2D eigenvalue weighted by atomic mass is 9.78. The van der Waals surface area contributed by atoms with E-state index in [9.17, 15) is 0 Å². The number of nitrogens with zero attached hydrogens (tertiary/aromatic N) is 3. The van der Waals surface area contributed by atoms with Gasteiger partial charge in [0.2, 0.25) is 0 Å². The third-order valence-electron chi connectivity index (χ3n) is 6.59. The number of fused-ring (bicyclic) bond motifs is 3. The van der Waals surface area contributed by atoms with Gasteiger partial charge in [-0.25, -0.2) is 0 Å². The molecule has 1 unspecified atom stereocenters. The molecule has 1 atom stereocenters. The number of aromatic nitrogens is 2.